The normalized spacial score (nSPS) is 11.0. The van der Waals surface area contributed by atoms with E-state index in [0.717, 1.165) is 12.8 Å². The van der Waals surface area contributed by atoms with E-state index in [-0.39, 0.29) is 5.82 Å². The van der Waals surface area contributed by atoms with Crippen LogP contribution in [0.15, 0.2) is 18.2 Å². The third-order valence-electron chi connectivity index (χ3n) is 2.96. The largest absolute Gasteiger partial charge is 0.207 e. The van der Waals surface area contributed by atoms with Gasteiger partial charge in [-0.25, -0.2) is 4.39 Å². The fourth-order valence-corrected chi connectivity index (χ4v) is 2.20. The maximum absolute atomic E-state index is 13.2. The van der Waals surface area contributed by atoms with E-state index < -0.39 is 0 Å². The summed E-state index contributed by atoms with van der Waals surface area (Å²) in [5.74, 6) is 0.434. The van der Waals surface area contributed by atoms with Crippen LogP contribution < -0.4 is 0 Å². The maximum Gasteiger partial charge on any atom is 0.123 e. The molecule has 0 aromatic heterocycles. The molecule has 0 aliphatic heterocycles. The average Bonchev–Trinajstić information content (AvgIpc) is 2.21. The van der Waals surface area contributed by atoms with Crippen LogP contribution in [0.3, 0.4) is 0 Å². The van der Waals surface area contributed by atoms with Crippen LogP contribution in [0.1, 0.15) is 56.6 Å². The quantitative estimate of drug-likeness (QED) is 0.651. The van der Waals surface area contributed by atoms with Crippen molar-refractivity contribution in [2.24, 2.45) is 0 Å². The van der Waals surface area contributed by atoms with Crippen LogP contribution in [0.25, 0.3) is 0 Å². The predicted molar refractivity (Wildman–Crippen MR) is 63.7 cm³/mol. The zero-order chi connectivity index (χ0) is 11.3. The van der Waals surface area contributed by atoms with Gasteiger partial charge in [-0.05, 0) is 48.9 Å². The van der Waals surface area contributed by atoms with Crippen molar-refractivity contribution < 1.29 is 4.39 Å². The lowest BCUT2D eigenvalue weighted by Crippen LogP contribution is -2.01. The summed E-state index contributed by atoms with van der Waals surface area (Å²) in [7, 11) is 0. The van der Waals surface area contributed by atoms with Gasteiger partial charge in [-0.3, -0.25) is 0 Å². The lowest BCUT2D eigenvalue weighted by atomic mass is 9.88. The van der Waals surface area contributed by atoms with Crippen molar-refractivity contribution in [2.45, 2.75) is 52.4 Å². The molecule has 0 heterocycles. The summed E-state index contributed by atoms with van der Waals surface area (Å²) in [4.78, 5) is 0. The first kappa shape index (κ1) is 12.2. The van der Waals surface area contributed by atoms with Gasteiger partial charge in [0.05, 0.1) is 0 Å². The smallest absolute Gasteiger partial charge is 0.123 e. The minimum atomic E-state index is -0.104. The summed E-state index contributed by atoms with van der Waals surface area (Å²) < 4.78 is 13.2. The second-order valence-electron chi connectivity index (χ2n) is 4.28. The first-order valence-corrected chi connectivity index (χ1v) is 5.95. The molecule has 0 bridgehead atoms. The van der Waals surface area contributed by atoms with Crippen molar-refractivity contribution >= 4 is 0 Å². The Morgan fingerprint density at radius 3 is 2.27 bits per heavy atom. The van der Waals surface area contributed by atoms with Gasteiger partial charge in [-0.15, -0.1) is 0 Å². The van der Waals surface area contributed by atoms with Crippen LogP contribution >= 0.6 is 0 Å². The molecule has 1 aromatic rings. The Morgan fingerprint density at radius 1 is 1.13 bits per heavy atom. The van der Waals surface area contributed by atoms with Crippen LogP contribution in [0.5, 0.6) is 0 Å². The summed E-state index contributed by atoms with van der Waals surface area (Å²) in [6.07, 6.45) is 4.66. The molecule has 0 aliphatic rings. The summed E-state index contributed by atoms with van der Waals surface area (Å²) in [6, 6.07) is 5.15. The first-order valence-electron chi connectivity index (χ1n) is 5.95. The first-order chi connectivity index (χ1) is 7.19. The van der Waals surface area contributed by atoms with Crippen LogP contribution in [-0.4, -0.2) is 0 Å². The Balaban J connectivity index is 2.93. The molecule has 1 aromatic carbocycles. The van der Waals surface area contributed by atoms with Crippen LogP contribution in [0.4, 0.5) is 4.39 Å². The van der Waals surface area contributed by atoms with Gasteiger partial charge in [0.1, 0.15) is 5.82 Å². The van der Waals surface area contributed by atoms with Crippen molar-refractivity contribution in [3.05, 3.63) is 35.1 Å². The highest BCUT2D eigenvalue weighted by molar-refractivity contribution is 5.29. The summed E-state index contributed by atoms with van der Waals surface area (Å²) >= 11 is 0. The van der Waals surface area contributed by atoms with Gasteiger partial charge in [0, 0.05) is 0 Å². The minimum Gasteiger partial charge on any atom is -0.207 e. The SMILES string of the molecule is CCCC(CCC)c1cc(F)ccc1C. The summed E-state index contributed by atoms with van der Waals surface area (Å²) in [5, 5.41) is 0. The monoisotopic (exact) mass is 208 g/mol. The van der Waals surface area contributed by atoms with Crippen molar-refractivity contribution in [2.75, 3.05) is 0 Å². The van der Waals surface area contributed by atoms with E-state index in [1.807, 2.05) is 6.07 Å². The third kappa shape index (κ3) is 3.33. The Labute approximate surface area is 92.5 Å². The number of rotatable bonds is 5. The summed E-state index contributed by atoms with van der Waals surface area (Å²) in [6.45, 7) is 6.46. The van der Waals surface area contributed by atoms with Crippen LogP contribution in [-0.2, 0) is 0 Å². The van der Waals surface area contributed by atoms with Gasteiger partial charge < -0.3 is 0 Å². The number of halogens is 1. The topological polar surface area (TPSA) is 0 Å². The van der Waals surface area contributed by atoms with E-state index in [2.05, 4.69) is 20.8 Å². The highest BCUT2D eigenvalue weighted by Crippen LogP contribution is 2.29. The Bertz CT molecular complexity index is 298. The molecule has 15 heavy (non-hydrogen) atoms. The molecule has 0 saturated carbocycles. The lowest BCUT2D eigenvalue weighted by molar-refractivity contribution is 0.550. The van der Waals surface area contributed by atoms with Gasteiger partial charge in [-0.2, -0.15) is 0 Å². The van der Waals surface area contributed by atoms with Crippen LogP contribution in [0.2, 0.25) is 0 Å². The molecule has 0 atom stereocenters. The maximum atomic E-state index is 13.2. The second kappa shape index (κ2) is 5.89. The van der Waals surface area contributed by atoms with E-state index in [0.29, 0.717) is 5.92 Å². The second-order valence-corrected chi connectivity index (χ2v) is 4.28. The van der Waals surface area contributed by atoms with Crippen molar-refractivity contribution in [3.63, 3.8) is 0 Å². The van der Waals surface area contributed by atoms with Gasteiger partial charge in [0.25, 0.3) is 0 Å². The van der Waals surface area contributed by atoms with Gasteiger partial charge in [-0.1, -0.05) is 32.8 Å². The summed E-state index contributed by atoms with van der Waals surface area (Å²) in [5.41, 5.74) is 2.43. The number of hydrogen-bond donors (Lipinski definition) is 0. The predicted octanol–water partition coefficient (Wildman–Crippen LogP) is 4.82. The van der Waals surface area contributed by atoms with Crippen molar-refractivity contribution in [1.82, 2.24) is 0 Å². The zero-order valence-corrected chi connectivity index (χ0v) is 10.0. The molecular formula is C14H21F. The molecule has 0 N–H and O–H groups in total. The molecule has 0 radical (unpaired) electrons. The van der Waals surface area contributed by atoms with Crippen molar-refractivity contribution in [1.29, 1.82) is 0 Å². The van der Waals surface area contributed by atoms with Gasteiger partial charge >= 0.3 is 0 Å². The molecule has 0 fully saturated rings. The molecule has 0 aliphatic carbocycles. The average molecular weight is 208 g/mol. The molecule has 0 saturated heterocycles. The van der Waals surface area contributed by atoms with Gasteiger partial charge in [0.15, 0.2) is 0 Å². The molecule has 1 rings (SSSR count). The molecule has 0 amide bonds. The van der Waals surface area contributed by atoms with E-state index in [9.17, 15) is 4.39 Å². The van der Waals surface area contributed by atoms with Crippen molar-refractivity contribution in [3.8, 4) is 0 Å². The molecule has 0 unspecified atom stereocenters. The fraction of sp³-hybridized carbons (Fsp3) is 0.571. The van der Waals surface area contributed by atoms with Gasteiger partial charge in [0.2, 0.25) is 0 Å². The third-order valence-corrected chi connectivity index (χ3v) is 2.96. The van der Waals surface area contributed by atoms with E-state index in [4.69, 9.17) is 0 Å². The highest BCUT2D eigenvalue weighted by Gasteiger charge is 2.12. The standard InChI is InChI=1S/C14H21F/c1-4-6-12(7-5-2)14-10-13(15)9-8-11(14)3/h8-10,12H,4-7H2,1-3H3. The zero-order valence-electron chi connectivity index (χ0n) is 10.0. The number of benzene rings is 1. The molecular weight excluding hydrogens is 187 g/mol. The molecule has 0 nitrogen and oxygen atoms in total. The lowest BCUT2D eigenvalue weighted by Gasteiger charge is -2.18. The molecule has 1 heteroatoms. The van der Waals surface area contributed by atoms with Crippen LogP contribution in [0, 0.1) is 12.7 Å². The molecule has 84 valence electrons. The fourth-order valence-electron chi connectivity index (χ4n) is 2.20. The Kier molecular flexibility index (Phi) is 4.80. The van der Waals surface area contributed by atoms with E-state index in [1.165, 1.54) is 24.0 Å². The minimum absolute atomic E-state index is 0.104. The Morgan fingerprint density at radius 2 is 1.73 bits per heavy atom. The molecule has 0 spiro atoms. The van der Waals surface area contributed by atoms with E-state index >= 15 is 0 Å². The Hall–Kier alpha value is -0.850. The van der Waals surface area contributed by atoms with E-state index in [1.54, 1.807) is 12.1 Å². The highest BCUT2D eigenvalue weighted by atomic mass is 19.1. The number of hydrogen-bond acceptors (Lipinski definition) is 0. The number of aryl methyl sites for hydroxylation is 1.